The fraction of sp³-hybridized carbons (Fsp3) is 0.600. The summed E-state index contributed by atoms with van der Waals surface area (Å²) in [7, 11) is 0. The molecule has 0 aliphatic heterocycles. The largest absolute Gasteiger partial charge is 0.416 e. The molecular weight excluding hydrogens is 251 g/mol. The summed E-state index contributed by atoms with van der Waals surface area (Å²) in [6, 6.07) is 5.71. The third-order valence-corrected chi connectivity index (χ3v) is 4.26. The molecule has 0 atom stereocenters. The summed E-state index contributed by atoms with van der Waals surface area (Å²) in [6.45, 7) is 4.28. The van der Waals surface area contributed by atoms with E-state index < -0.39 is 17.3 Å². The van der Waals surface area contributed by atoms with Crippen LogP contribution in [0.5, 0.6) is 0 Å². The van der Waals surface area contributed by atoms with Gasteiger partial charge in [0.1, 0.15) is 0 Å². The van der Waals surface area contributed by atoms with Crippen LogP contribution < -0.4 is 5.73 Å². The minimum atomic E-state index is -4.34. The highest BCUT2D eigenvalue weighted by Crippen LogP contribution is 2.46. The van der Waals surface area contributed by atoms with Crippen molar-refractivity contribution in [1.82, 2.24) is 0 Å². The summed E-state index contributed by atoms with van der Waals surface area (Å²) in [5.41, 5.74) is 5.29. The molecule has 1 fully saturated rings. The summed E-state index contributed by atoms with van der Waals surface area (Å²) in [4.78, 5) is 0. The van der Waals surface area contributed by atoms with E-state index >= 15 is 0 Å². The van der Waals surface area contributed by atoms with Gasteiger partial charge in [-0.1, -0.05) is 32.0 Å². The number of rotatable bonds is 1. The second kappa shape index (κ2) is 4.51. The minimum Gasteiger partial charge on any atom is -0.321 e. The molecule has 1 nitrogen and oxygen atoms in total. The molecule has 1 aromatic carbocycles. The van der Waals surface area contributed by atoms with Gasteiger partial charge in [0.25, 0.3) is 0 Å². The first kappa shape index (κ1) is 14.4. The minimum absolute atomic E-state index is 0.177. The maximum absolute atomic E-state index is 13.1. The van der Waals surface area contributed by atoms with Crippen molar-refractivity contribution in [2.45, 2.75) is 51.2 Å². The number of alkyl halides is 3. The van der Waals surface area contributed by atoms with Gasteiger partial charge in [0.15, 0.2) is 0 Å². The molecule has 2 rings (SSSR count). The van der Waals surface area contributed by atoms with Gasteiger partial charge in [-0.25, -0.2) is 0 Å². The van der Waals surface area contributed by atoms with Crippen LogP contribution in [-0.4, -0.2) is 0 Å². The van der Waals surface area contributed by atoms with Crippen molar-refractivity contribution in [2.75, 3.05) is 0 Å². The molecule has 2 N–H and O–H groups in total. The standard InChI is InChI=1S/C15H20F3N/c1-13(2)7-9-14(19,10-8-13)11-5-3-4-6-12(11)15(16,17)18/h3-6H,7-10,19H2,1-2H3. The van der Waals surface area contributed by atoms with E-state index in [0.29, 0.717) is 12.8 Å². The van der Waals surface area contributed by atoms with Crippen LogP contribution >= 0.6 is 0 Å². The van der Waals surface area contributed by atoms with Crippen LogP contribution in [-0.2, 0) is 11.7 Å². The van der Waals surface area contributed by atoms with Gasteiger partial charge in [-0.2, -0.15) is 13.2 Å². The lowest BCUT2D eigenvalue weighted by Crippen LogP contribution is -2.43. The Balaban J connectivity index is 2.37. The smallest absolute Gasteiger partial charge is 0.321 e. The quantitative estimate of drug-likeness (QED) is 0.801. The summed E-state index contributed by atoms with van der Waals surface area (Å²) in [5, 5.41) is 0. The van der Waals surface area contributed by atoms with Gasteiger partial charge >= 0.3 is 6.18 Å². The maximum Gasteiger partial charge on any atom is 0.416 e. The van der Waals surface area contributed by atoms with Crippen molar-refractivity contribution >= 4 is 0 Å². The molecular formula is C15H20F3N. The number of hydrogen-bond acceptors (Lipinski definition) is 1. The zero-order valence-corrected chi connectivity index (χ0v) is 11.3. The molecule has 1 aliphatic carbocycles. The lowest BCUT2D eigenvalue weighted by molar-refractivity contribution is -0.139. The van der Waals surface area contributed by atoms with Gasteiger partial charge < -0.3 is 5.73 Å². The van der Waals surface area contributed by atoms with Crippen LogP contribution in [0.2, 0.25) is 0 Å². The van der Waals surface area contributed by atoms with Crippen molar-refractivity contribution < 1.29 is 13.2 Å². The molecule has 1 aromatic rings. The molecule has 19 heavy (non-hydrogen) atoms. The summed E-state index contributed by atoms with van der Waals surface area (Å²) >= 11 is 0. The average molecular weight is 271 g/mol. The van der Waals surface area contributed by atoms with E-state index in [2.05, 4.69) is 13.8 Å². The number of nitrogens with two attached hydrogens (primary N) is 1. The molecule has 0 amide bonds. The fourth-order valence-corrected chi connectivity index (χ4v) is 2.81. The van der Waals surface area contributed by atoms with Crippen LogP contribution in [0, 0.1) is 5.41 Å². The third kappa shape index (κ3) is 2.94. The first-order valence-corrected chi connectivity index (χ1v) is 6.60. The normalized spacial score (nSPS) is 22.2. The Hall–Kier alpha value is -1.03. The van der Waals surface area contributed by atoms with Gasteiger partial charge in [0.05, 0.1) is 5.56 Å². The van der Waals surface area contributed by atoms with Crippen molar-refractivity contribution in [1.29, 1.82) is 0 Å². The van der Waals surface area contributed by atoms with Crippen LogP contribution in [0.3, 0.4) is 0 Å². The lowest BCUT2D eigenvalue weighted by atomic mass is 9.67. The first-order valence-electron chi connectivity index (χ1n) is 6.60. The van der Waals surface area contributed by atoms with E-state index in [1.807, 2.05) is 0 Å². The van der Waals surface area contributed by atoms with Crippen molar-refractivity contribution in [3.8, 4) is 0 Å². The Labute approximate surface area is 112 Å². The zero-order valence-electron chi connectivity index (χ0n) is 11.3. The Bertz CT molecular complexity index is 453. The maximum atomic E-state index is 13.1. The topological polar surface area (TPSA) is 26.0 Å². The Morgan fingerprint density at radius 1 is 1.00 bits per heavy atom. The van der Waals surface area contributed by atoms with Crippen LogP contribution in [0.25, 0.3) is 0 Å². The second-order valence-electron chi connectivity index (χ2n) is 6.36. The Morgan fingerprint density at radius 3 is 2.05 bits per heavy atom. The number of hydrogen-bond donors (Lipinski definition) is 1. The highest BCUT2D eigenvalue weighted by Gasteiger charge is 2.42. The highest BCUT2D eigenvalue weighted by molar-refractivity contribution is 5.36. The molecule has 0 aromatic heterocycles. The van der Waals surface area contributed by atoms with Crippen LogP contribution in [0.4, 0.5) is 13.2 Å². The van der Waals surface area contributed by atoms with Gasteiger partial charge in [-0.05, 0) is 42.7 Å². The SMILES string of the molecule is CC1(C)CCC(N)(c2ccccc2C(F)(F)F)CC1. The Kier molecular flexibility index (Phi) is 3.42. The summed E-state index contributed by atoms with van der Waals surface area (Å²) in [5.74, 6) is 0. The molecule has 0 unspecified atom stereocenters. The average Bonchev–Trinajstić information content (AvgIpc) is 2.32. The van der Waals surface area contributed by atoms with Gasteiger partial charge in [0, 0.05) is 5.54 Å². The third-order valence-electron chi connectivity index (χ3n) is 4.26. The molecule has 0 bridgehead atoms. The molecule has 1 saturated carbocycles. The molecule has 4 heteroatoms. The fourth-order valence-electron chi connectivity index (χ4n) is 2.81. The molecule has 0 heterocycles. The molecule has 0 spiro atoms. The molecule has 106 valence electrons. The molecule has 0 saturated heterocycles. The predicted molar refractivity (Wildman–Crippen MR) is 69.6 cm³/mol. The first-order chi connectivity index (χ1) is 8.64. The second-order valence-corrected chi connectivity index (χ2v) is 6.36. The summed E-state index contributed by atoms with van der Waals surface area (Å²) in [6.07, 6.45) is -1.42. The number of benzene rings is 1. The van der Waals surface area contributed by atoms with Gasteiger partial charge in [0.2, 0.25) is 0 Å². The highest BCUT2D eigenvalue weighted by atomic mass is 19.4. The van der Waals surface area contributed by atoms with E-state index in [1.54, 1.807) is 6.07 Å². The monoisotopic (exact) mass is 271 g/mol. The van der Waals surface area contributed by atoms with E-state index in [9.17, 15) is 13.2 Å². The lowest BCUT2D eigenvalue weighted by Gasteiger charge is -2.42. The molecule has 1 aliphatic rings. The van der Waals surface area contributed by atoms with E-state index in [0.717, 1.165) is 18.9 Å². The van der Waals surface area contributed by atoms with Gasteiger partial charge in [-0.15, -0.1) is 0 Å². The van der Waals surface area contributed by atoms with Crippen LogP contribution in [0.1, 0.15) is 50.7 Å². The van der Waals surface area contributed by atoms with Crippen molar-refractivity contribution in [3.05, 3.63) is 35.4 Å². The van der Waals surface area contributed by atoms with E-state index in [4.69, 9.17) is 5.73 Å². The number of halogens is 3. The molecule has 0 radical (unpaired) electrons. The van der Waals surface area contributed by atoms with E-state index in [-0.39, 0.29) is 11.0 Å². The van der Waals surface area contributed by atoms with Gasteiger partial charge in [-0.3, -0.25) is 0 Å². The summed E-state index contributed by atoms with van der Waals surface area (Å²) < 4.78 is 39.2. The van der Waals surface area contributed by atoms with Crippen LogP contribution in [0.15, 0.2) is 24.3 Å². The van der Waals surface area contributed by atoms with Crippen molar-refractivity contribution in [2.24, 2.45) is 11.1 Å². The zero-order chi connectivity index (χ0) is 14.3. The van der Waals surface area contributed by atoms with E-state index in [1.165, 1.54) is 12.1 Å². The predicted octanol–water partition coefficient (Wildman–Crippen LogP) is 4.46. The van der Waals surface area contributed by atoms with Crippen molar-refractivity contribution in [3.63, 3.8) is 0 Å². The Morgan fingerprint density at radius 2 is 1.53 bits per heavy atom.